The van der Waals surface area contributed by atoms with Crippen molar-refractivity contribution in [2.75, 3.05) is 48.0 Å². The molecule has 5 N–H and O–H groups in total. The van der Waals surface area contributed by atoms with Crippen molar-refractivity contribution >= 4 is 52.2 Å². The van der Waals surface area contributed by atoms with Gasteiger partial charge in [-0.05, 0) is 36.4 Å². The van der Waals surface area contributed by atoms with Crippen molar-refractivity contribution < 1.29 is 29.0 Å². The minimum Gasteiger partial charge on any atom is -0.384 e. The molecule has 11 nitrogen and oxygen atoms in total. The molecule has 0 saturated carbocycles. The predicted octanol–water partition coefficient (Wildman–Crippen LogP) is 0.719. The molecule has 2 heterocycles. The Bertz CT molecular complexity index is 1170. The molecule has 4 rings (SSSR count). The fourth-order valence-corrected chi connectivity index (χ4v) is 4.16. The Balaban J connectivity index is 1.47. The number of nitrogens with one attached hydrogen (secondary N) is 2. The van der Waals surface area contributed by atoms with Crippen molar-refractivity contribution in [3.8, 4) is 0 Å². The number of aliphatic hydroxyl groups is 1. The fraction of sp³-hybridized carbons (Fsp3) is 0.304. The van der Waals surface area contributed by atoms with Gasteiger partial charge in [-0.2, -0.15) is 0 Å². The molecule has 0 bridgehead atoms. The van der Waals surface area contributed by atoms with Gasteiger partial charge in [0.05, 0.1) is 18.2 Å². The van der Waals surface area contributed by atoms with Gasteiger partial charge < -0.3 is 35.4 Å². The van der Waals surface area contributed by atoms with Crippen molar-refractivity contribution in [2.24, 2.45) is 5.73 Å². The van der Waals surface area contributed by atoms with Crippen molar-refractivity contribution in [2.45, 2.75) is 12.2 Å². The lowest BCUT2D eigenvalue weighted by molar-refractivity contribution is -0.150. The molecule has 2 aromatic rings. The average molecular weight is 502 g/mol. The quantitative estimate of drug-likeness (QED) is 0.335. The number of halogens is 1. The maximum Gasteiger partial charge on any atom is 0.259 e. The van der Waals surface area contributed by atoms with E-state index in [0.29, 0.717) is 30.1 Å². The molecule has 2 saturated heterocycles. The second-order valence-corrected chi connectivity index (χ2v) is 8.35. The number of aliphatic hydroxyl groups excluding tert-OH is 1. The highest BCUT2D eigenvalue weighted by molar-refractivity contribution is 6.34. The molecule has 0 radical (unpaired) electrons. The van der Waals surface area contributed by atoms with Crippen LogP contribution in [0, 0.1) is 5.41 Å². The third kappa shape index (κ3) is 5.28. The highest BCUT2D eigenvalue weighted by Crippen LogP contribution is 2.27. The Morgan fingerprint density at radius 3 is 2.54 bits per heavy atom. The molecule has 0 unspecified atom stereocenters. The van der Waals surface area contributed by atoms with Crippen LogP contribution in [0.4, 0.5) is 17.1 Å². The number of nitrogens with two attached hydrogens (primary N) is 1. The Hall–Kier alpha value is -3.51. The number of carbonyl (C=O) groups is 3. The van der Waals surface area contributed by atoms with E-state index in [9.17, 15) is 19.5 Å². The second-order valence-electron chi connectivity index (χ2n) is 7.94. The molecule has 0 aromatic heterocycles. The number of ether oxygens (including phenoxy) is 2. The van der Waals surface area contributed by atoms with Crippen molar-refractivity contribution in [3.05, 3.63) is 53.1 Å². The number of amidine groups is 1. The van der Waals surface area contributed by atoms with Crippen molar-refractivity contribution in [1.82, 2.24) is 0 Å². The van der Waals surface area contributed by atoms with Crippen LogP contribution in [0.25, 0.3) is 0 Å². The number of anilines is 3. The standard InChI is InChI=1S/C23H24ClN5O6/c24-17-10-13(4-5-16(17)21(25)26)27-22(32)19(31)20-23(33)29(7-9-35-20)15-3-1-2-14(11-15)28-6-8-34-12-18(28)30/h1-5,10-11,19-20,31H,6-9,12H2,(H3,25,26)(H,27,32)/t19-,20-/m1/s1. The van der Waals surface area contributed by atoms with Crippen LogP contribution in [0.3, 0.4) is 0 Å². The first-order valence-electron chi connectivity index (χ1n) is 10.8. The highest BCUT2D eigenvalue weighted by atomic mass is 35.5. The largest absolute Gasteiger partial charge is 0.384 e. The van der Waals surface area contributed by atoms with Crippen LogP contribution in [-0.4, -0.2) is 73.8 Å². The van der Waals surface area contributed by atoms with E-state index < -0.39 is 24.0 Å². The van der Waals surface area contributed by atoms with Crippen LogP contribution in [-0.2, 0) is 23.9 Å². The molecular formula is C23H24ClN5O6. The topological polar surface area (TPSA) is 158 Å². The molecule has 3 amide bonds. The van der Waals surface area contributed by atoms with Crippen LogP contribution < -0.4 is 20.9 Å². The average Bonchev–Trinajstić information content (AvgIpc) is 2.84. The number of morpholine rings is 2. The number of carbonyl (C=O) groups excluding carboxylic acids is 3. The summed E-state index contributed by atoms with van der Waals surface area (Å²) < 4.78 is 10.6. The lowest BCUT2D eigenvalue weighted by Gasteiger charge is -2.35. The smallest absolute Gasteiger partial charge is 0.259 e. The summed E-state index contributed by atoms with van der Waals surface area (Å²) in [4.78, 5) is 41.0. The van der Waals surface area contributed by atoms with E-state index in [2.05, 4.69) is 5.32 Å². The number of hydrogen-bond donors (Lipinski definition) is 4. The predicted molar refractivity (Wildman–Crippen MR) is 129 cm³/mol. The van der Waals surface area contributed by atoms with Crippen LogP contribution in [0.15, 0.2) is 42.5 Å². The Kier molecular flexibility index (Phi) is 7.31. The molecule has 2 aromatic carbocycles. The Labute approximate surface area is 205 Å². The van der Waals surface area contributed by atoms with Gasteiger partial charge in [0, 0.05) is 35.7 Å². The van der Waals surface area contributed by atoms with E-state index in [1.165, 1.54) is 23.1 Å². The van der Waals surface area contributed by atoms with Gasteiger partial charge in [-0.3, -0.25) is 19.8 Å². The van der Waals surface area contributed by atoms with Gasteiger partial charge in [-0.15, -0.1) is 0 Å². The summed E-state index contributed by atoms with van der Waals surface area (Å²) in [6.07, 6.45) is -3.22. The zero-order valence-corrected chi connectivity index (χ0v) is 19.3. The maximum atomic E-state index is 13.2. The van der Waals surface area contributed by atoms with E-state index in [1.54, 1.807) is 29.2 Å². The molecule has 0 aliphatic carbocycles. The third-order valence-electron chi connectivity index (χ3n) is 5.64. The summed E-state index contributed by atoms with van der Waals surface area (Å²) in [6.45, 7) is 1.12. The number of hydrogen-bond acceptors (Lipinski definition) is 7. The van der Waals surface area contributed by atoms with E-state index in [0.717, 1.165) is 0 Å². The normalized spacial score (nSPS) is 19.4. The molecule has 184 valence electrons. The highest BCUT2D eigenvalue weighted by Gasteiger charge is 2.39. The summed E-state index contributed by atoms with van der Waals surface area (Å²) in [5.41, 5.74) is 7.12. The molecule has 2 aliphatic heterocycles. The summed E-state index contributed by atoms with van der Waals surface area (Å²) in [5.74, 6) is -1.85. The van der Waals surface area contributed by atoms with Gasteiger partial charge in [0.25, 0.3) is 17.7 Å². The van der Waals surface area contributed by atoms with Crippen LogP contribution in [0.2, 0.25) is 5.02 Å². The van der Waals surface area contributed by atoms with Crippen molar-refractivity contribution in [3.63, 3.8) is 0 Å². The van der Waals surface area contributed by atoms with E-state index in [-0.39, 0.29) is 42.2 Å². The first-order chi connectivity index (χ1) is 16.8. The molecule has 2 fully saturated rings. The minimum absolute atomic E-state index is 0.00716. The summed E-state index contributed by atoms with van der Waals surface area (Å²) in [6, 6.07) is 11.2. The van der Waals surface area contributed by atoms with Crippen molar-refractivity contribution in [1.29, 1.82) is 5.41 Å². The van der Waals surface area contributed by atoms with Gasteiger partial charge in [0.2, 0.25) is 0 Å². The third-order valence-corrected chi connectivity index (χ3v) is 5.96. The van der Waals surface area contributed by atoms with E-state index >= 15 is 0 Å². The zero-order valence-electron chi connectivity index (χ0n) is 18.6. The van der Waals surface area contributed by atoms with Gasteiger partial charge in [-0.25, -0.2) is 0 Å². The zero-order chi connectivity index (χ0) is 25.1. The molecule has 0 spiro atoms. The maximum absolute atomic E-state index is 13.2. The number of benzene rings is 2. The van der Waals surface area contributed by atoms with Crippen LogP contribution in [0.5, 0.6) is 0 Å². The molecule has 2 aliphatic rings. The summed E-state index contributed by atoms with van der Waals surface area (Å²) >= 11 is 6.07. The molecule has 2 atom stereocenters. The summed E-state index contributed by atoms with van der Waals surface area (Å²) in [5, 5.41) is 20.7. The SMILES string of the molecule is N=C(N)c1ccc(NC(=O)[C@H](O)[C@H]2OCCN(c3cccc(N4CCOCC4=O)c3)C2=O)cc1Cl. The minimum atomic E-state index is -1.79. The number of rotatable bonds is 6. The molecule has 35 heavy (non-hydrogen) atoms. The van der Waals surface area contributed by atoms with Gasteiger partial charge >= 0.3 is 0 Å². The lowest BCUT2D eigenvalue weighted by atomic mass is 10.1. The fourth-order valence-electron chi connectivity index (χ4n) is 3.87. The first kappa shape index (κ1) is 24.6. The number of nitrogens with zero attached hydrogens (tertiary/aromatic N) is 2. The number of amides is 3. The van der Waals surface area contributed by atoms with Gasteiger partial charge in [0.1, 0.15) is 12.4 Å². The second kappa shape index (κ2) is 10.4. The van der Waals surface area contributed by atoms with Gasteiger partial charge in [-0.1, -0.05) is 17.7 Å². The molecular weight excluding hydrogens is 478 g/mol. The lowest BCUT2D eigenvalue weighted by Crippen LogP contribution is -2.55. The Morgan fingerprint density at radius 2 is 1.86 bits per heavy atom. The van der Waals surface area contributed by atoms with Crippen LogP contribution >= 0.6 is 11.6 Å². The van der Waals surface area contributed by atoms with E-state index in [1.807, 2.05) is 0 Å². The summed E-state index contributed by atoms with van der Waals surface area (Å²) in [7, 11) is 0. The first-order valence-corrected chi connectivity index (χ1v) is 11.2. The van der Waals surface area contributed by atoms with Gasteiger partial charge in [0.15, 0.2) is 12.2 Å². The Morgan fingerprint density at radius 1 is 1.14 bits per heavy atom. The number of nitrogen functional groups attached to an aromatic ring is 1. The molecule has 12 heteroatoms. The monoisotopic (exact) mass is 501 g/mol. The van der Waals surface area contributed by atoms with E-state index in [4.69, 9.17) is 32.2 Å². The van der Waals surface area contributed by atoms with Crippen LogP contribution in [0.1, 0.15) is 5.56 Å².